The van der Waals surface area contributed by atoms with Gasteiger partial charge in [0.05, 0.1) is 18.4 Å². The molecule has 21 heavy (non-hydrogen) atoms. The van der Waals surface area contributed by atoms with Crippen molar-refractivity contribution >= 4 is 17.6 Å². The predicted octanol–water partition coefficient (Wildman–Crippen LogP) is 1.72. The van der Waals surface area contributed by atoms with Gasteiger partial charge in [-0.05, 0) is 44.5 Å². The maximum absolute atomic E-state index is 12.3. The van der Waals surface area contributed by atoms with Gasteiger partial charge in [-0.15, -0.1) is 0 Å². The lowest BCUT2D eigenvalue weighted by molar-refractivity contribution is -0.120. The number of piperidine rings is 1. The number of hydrogen-bond donors (Lipinski definition) is 3. The molecule has 114 valence electrons. The van der Waals surface area contributed by atoms with Crippen molar-refractivity contribution < 1.29 is 19.4 Å². The summed E-state index contributed by atoms with van der Waals surface area (Å²) >= 11 is 0. The molecule has 2 rings (SSSR count). The molecule has 1 saturated heterocycles. The average Bonchev–Trinajstić information content (AvgIpc) is 2.47. The summed E-state index contributed by atoms with van der Waals surface area (Å²) in [6.07, 6.45) is 1.55. The number of methoxy groups -OCH3 is 1. The molecule has 6 heteroatoms. The Morgan fingerprint density at radius 2 is 2.19 bits per heavy atom. The van der Waals surface area contributed by atoms with Gasteiger partial charge in [-0.2, -0.15) is 0 Å². The maximum atomic E-state index is 12.3. The Bertz CT molecular complexity index is 544. The Morgan fingerprint density at radius 1 is 1.43 bits per heavy atom. The first kappa shape index (κ1) is 15.3. The van der Waals surface area contributed by atoms with E-state index in [1.54, 1.807) is 6.07 Å². The number of anilines is 1. The third-order valence-corrected chi connectivity index (χ3v) is 3.70. The lowest BCUT2D eigenvalue weighted by Gasteiger charge is -2.27. The van der Waals surface area contributed by atoms with E-state index in [9.17, 15) is 9.59 Å². The number of aromatic carboxylic acids is 1. The van der Waals surface area contributed by atoms with Gasteiger partial charge in [0.25, 0.3) is 0 Å². The molecule has 1 aromatic rings. The van der Waals surface area contributed by atoms with E-state index in [1.807, 2.05) is 6.92 Å². The van der Waals surface area contributed by atoms with E-state index >= 15 is 0 Å². The zero-order valence-electron chi connectivity index (χ0n) is 12.2. The molecule has 3 N–H and O–H groups in total. The molecule has 1 aliphatic heterocycles. The summed E-state index contributed by atoms with van der Waals surface area (Å²) in [6.45, 7) is 2.86. The lowest BCUT2D eigenvalue weighted by atomic mass is 9.92. The van der Waals surface area contributed by atoms with Gasteiger partial charge < -0.3 is 20.5 Å². The molecule has 1 aromatic carbocycles. The molecule has 0 saturated carbocycles. The van der Waals surface area contributed by atoms with Gasteiger partial charge in [0.2, 0.25) is 5.91 Å². The van der Waals surface area contributed by atoms with Crippen LogP contribution in [0.4, 0.5) is 5.69 Å². The normalized spacial score (nSPS) is 21.6. The van der Waals surface area contributed by atoms with Gasteiger partial charge in [0, 0.05) is 12.0 Å². The number of nitrogens with one attached hydrogen (secondary N) is 2. The van der Waals surface area contributed by atoms with Gasteiger partial charge in [-0.3, -0.25) is 4.79 Å². The Balaban J connectivity index is 2.15. The molecule has 2 unspecified atom stereocenters. The second-order valence-corrected chi connectivity index (χ2v) is 5.29. The largest absolute Gasteiger partial charge is 0.495 e. The smallest absolute Gasteiger partial charge is 0.335 e. The summed E-state index contributed by atoms with van der Waals surface area (Å²) in [6, 6.07) is 4.72. The monoisotopic (exact) mass is 292 g/mol. The van der Waals surface area contributed by atoms with E-state index in [0.29, 0.717) is 17.5 Å². The van der Waals surface area contributed by atoms with Crippen LogP contribution in [0.2, 0.25) is 0 Å². The molecular formula is C15H20N2O4. The van der Waals surface area contributed by atoms with Crippen LogP contribution >= 0.6 is 0 Å². The summed E-state index contributed by atoms with van der Waals surface area (Å²) in [5, 5.41) is 15.1. The van der Waals surface area contributed by atoms with Crippen LogP contribution in [0, 0.1) is 5.92 Å². The Labute approximate surface area is 123 Å². The summed E-state index contributed by atoms with van der Waals surface area (Å²) in [4.78, 5) is 23.3. The van der Waals surface area contributed by atoms with Gasteiger partial charge in [0.1, 0.15) is 5.75 Å². The van der Waals surface area contributed by atoms with Crippen LogP contribution in [0.15, 0.2) is 18.2 Å². The summed E-state index contributed by atoms with van der Waals surface area (Å²) in [5.41, 5.74) is 0.512. The predicted molar refractivity (Wildman–Crippen MR) is 78.8 cm³/mol. The Kier molecular flexibility index (Phi) is 4.80. The third kappa shape index (κ3) is 3.72. The second-order valence-electron chi connectivity index (χ2n) is 5.29. The van der Waals surface area contributed by atoms with Gasteiger partial charge in [0.15, 0.2) is 0 Å². The highest BCUT2D eigenvalue weighted by molar-refractivity contribution is 5.96. The number of amides is 1. The van der Waals surface area contributed by atoms with Crippen molar-refractivity contribution in [3.05, 3.63) is 23.8 Å². The van der Waals surface area contributed by atoms with E-state index in [4.69, 9.17) is 9.84 Å². The topological polar surface area (TPSA) is 87.7 Å². The van der Waals surface area contributed by atoms with Crippen LogP contribution in [-0.4, -0.2) is 36.7 Å². The van der Waals surface area contributed by atoms with Crippen LogP contribution in [-0.2, 0) is 4.79 Å². The molecule has 2 atom stereocenters. The van der Waals surface area contributed by atoms with Crippen molar-refractivity contribution in [3.8, 4) is 5.75 Å². The van der Waals surface area contributed by atoms with Crippen molar-refractivity contribution in [1.82, 2.24) is 5.32 Å². The summed E-state index contributed by atoms with van der Waals surface area (Å²) in [7, 11) is 1.48. The first-order valence-electron chi connectivity index (χ1n) is 6.97. The fraction of sp³-hybridized carbons (Fsp3) is 0.467. The molecule has 0 bridgehead atoms. The quantitative estimate of drug-likeness (QED) is 0.786. The minimum absolute atomic E-state index is 0.0700. The number of carbonyl (C=O) groups is 2. The second kappa shape index (κ2) is 6.58. The molecular weight excluding hydrogens is 272 g/mol. The number of ether oxygens (including phenoxy) is 1. The SMILES string of the molecule is COc1ccc(C(=O)O)cc1NC(=O)C1CCNC(C)C1. The molecule has 1 heterocycles. The van der Waals surface area contributed by atoms with Crippen molar-refractivity contribution in [2.75, 3.05) is 19.0 Å². The third-order valence-electron chi connectivity index (χ3n) is 3.70. The van der Waals surface area contributed by atoms with E-state index in [-0.39, 0.29) is 17.4 Å². The zero-order chi connectivity index (χ0) is 15.4. The van der Waals surface area contributed by atoms with Crippen molar-refractivity contribution in [2.24, 2.45) is 5.92 Å². The highest BCUT2D eigenvalue weighted by Crippen LogP contribution is 2.27. The standard InChI is InChI=1S/C15H20N2O4/c1-9-7-10(5-6-16-9)14(18)17-12-8-11(15(19)20)3-4-13(12)21-2/h3-4,8-10,16H,5-7H2,1-2H3,(H,17,18)(H,19,20). The van der Waals surface area contributed by atoms with Crippen LogP contribution in [0.3, 0.4) is 0 Å². The number of hydrogen-bond acceptors (Lipinski definition) is 4. The summed E-state index contributed by atoms with van der Waals surface area (Å²) < 4.78 is 5.17. The van der Waals surface area contributed by atoms with E-state index < -0.39 is 5.97 Å². The van der Waals surface area contributed by atoms with Crippen LogP contribution in [0.25, 0.3) is 0 Å². The molecule has 6 nitrogen and oxygen atoms in total. The Morgan fingerprint density at radius 3 is 2.81 bits per heavy atom. The van der Waals surface area contributed by atoms with E-state index in [1.165, 1.54) is 19.2 Å². The van der Waals surface area contributed by atoms with E-state index in [0.717, 1.165) is 19.4 Å². The van der Waals surface area contributed by atoms with E-state index in [2.05, 4.69) is 10.6 Å². The molecule has 0 radical (unpaired) electrons. The molecule has 0 aromatic heterocycles. The highest BCUT2D eigenvalue weighted by atomic mass is 16.5. The fourth-order valence-electron chi connectivity index (χ4n) is 2.54. The minimum Gasteiger partial charge on any atom is -0.495 e. The number of carboxylic acids is 1. The molecule has 1 aliphatic rings. The van der Waals surface area contributed by atoms with Crippen molar-refractivity contribution in [1.29, 1.82) is 0 Å². The minimum atomic E-state index is -1.04. The molecule has 1 fully saturated rings. The molecule has 0 spiro atoms. The first-order valence-corrected chi connectivity index (χ1v) is 6.97. The van der Waals surface area contributed by atoms with Gasteiger partial charge >= 0.3 is 5.97 Å². The van der Waals surface area contributed by atoms with Crippen LogP contribution in [0.5, 0.6) is 5.75 Å². The number of carboxylic acid groups (broad SMARTS) is 1. The van der Waals surface area contributed by atoms with Crippen molar-refractivity contribution in [2.45, 2.75) is 25.8 Å². The molecule has 1 amide bonds. The first-order chi connectivity index (χ1) is 10.0. The maximum Gasteiger partial charge on any atom is 0.335 e. The zero-order valence-corrected chi connectivity index (χ0v) is 12.2. The summed E-state index contributed by atoms with van der Waals surface area (Å²) in [5.74, 6) is -0.748. The Hall–Kier alpha value is -2.08. The van der Waals surface area contributed by atoms with Gasteiger partial charge in [-0.1, -0.05) is 0 Å². The molecule has 0 aliphatic carbocycles. The van der Waals surface area contributed by atoms with Gasteiger partial charge in [-0.25, -0.2) is 4.79 Å². The van der Waals surface area contributed by atoms with Crippen LogP contribution in [0.1, 0.15) is 30.1 Å². The highest BCUT2D eigenvalue weighted by Gasteiger charge is 2.25. The fourth-order valence-corrected chi connectivity index (χ4v) is 2.54. The lowest BCUT2D eigenvalue weighted by Crippen LogP contribution is -2.40. The number of carbonyl (C=O) groups excluding carboxylic acids is 1. The number of benzene rings is 1. The van der Waals surface area contributed by atoms with Crippen LogP contribution < -0.4 is 15.4 Å². The average molecular weight is 292 g/mol. The van der Waals surface area contributed by atoms with Crippen molar-refractivity contribution in [3.63, 3.8) is 0 Å². The number of rotatable bonds is 4.